The Labute approximate surface area is 99.9 Å². The Kier molecular flexibility index (Phi) is 4.41. The fraction of sp³-hybridized carbons (Fsp3) is 1.00. The highest BCUT2D eigenvalue weighted by atomic mass is 32.2. The Morgan fingerprint density at radius 2 is 1.81 bits per heavy atom. The van der Waals surface area contributed by atoms with Crippen LogP contribution in [0.4, 0.5) is 0 Å². The fourth-order valence-electron chi connectivity index (χ4n) is 2.16. The molecule has 1 atom stereocenters. The molecule has 1 aliphatic rings. The first-order chi connectivity index (χ1) is 7.34. The molecule has 0 heterocycles. The van der Waals surface area contributed by atoms with Crippen LogP contribution in [-0.2, 0) is 9.84 Å². The second kappa shape index (κ2) is 5.05. The van der Waals surface area contributed by atoms with Gasteiger partial charge in [0.05, 0.1) is 11.0 Å². The minimum absolute atomic E-state index is 0.238. The van der Waals surface area contributed by atoms with Crippen molar-refractivity contribution in [2.45, 2.75) is 58.2 Å². The Morgan fingerprint density at radius 3 is 2.19 bits per heavy atom. The SMILES string of the molecule is CCNC(C)C1(CCS(=O)(=O)C(C)C)CC1. The summed E-state index contributed by atoms with van der Waals surface area (Å²) in [6.45, 7) is 8.76. The lowest BCUT2D eigenvalue weighted by Gasteiger charge is -2.24. The molecule has 0 aliphatic heterocycles. The summed E-state index contributed by atoms with van der Waals surface area (Å²) in [5, 5.41) is 3.18. The maximum atomic E-state index is 11.8. The quantitative estimate of drug-likeness (QED) is 0.748. The van der Waals surface area contributed by atoms with E-state index in [0.717, 1.165) is 13.0 Å². The van der Waals surface area contributed by atoms with E-state index in [1.165, 1.54) is 12.8 Å². The van der Waals surface area contributed by atoms with Crippen LogP contribution in [0.25, 0.3) is 0 Å². The lowest BCUT2D eigenvalue weighted by atomic mass is 9.95. The van der Waals surface area contributed by atoms with Gasteiger partial charge in [-0.3, -0.25) is 0 Å². The molecule has 0 amide bonds. The molecule has 1 N–H and O–H groups in total. The van der Waals surface area contributed by atoms with Crippen molar-refractivity contribution in [1.82, 2.24) is 5.32 Å². The topological polar surface area (TPSA) is 46.2 Å². The highest BCUT2D eigenvalue weighted by Crippen LogP contribution is 2.51. The summed E-state index contributed by atoms with van der Waals surface area (Å²) >= 11 is 0. The molecule has 4 heteroatoms. The zero-order chi connectivity index (χ0) is 12.4. The number of sulfone groups is 1. The van der Waals surface area contributed by atoms with Crippen molar-refractivity contribution in [1.29, 1.82) is 0 Å². The van der Waals surface area contributed by atoms with Crippen molar-refractivity contribution in [3.8, 4) is 0 Å². The third kappa shape index (κ3) is 3.20. The summed E-state index contributed by atoms with van der Waals surface area (Å²) in [5.41, 5.74) is 0.262. The van der Waals surface area contributed by atoms with E-state index in [4.69, 9.17) is 0 Å². The molecule has 1 saturated carbocycles. The van der Waals surface area contributed by atoms with Crippen LogP contribution in [-0.4, -0.2) is 32.0 Å². The van der Waals surface area contributed by atoms with Crippen molar-refractivity contribution in [2.75, 3.05) is 12.3 Å². The van der Waals surface area contributed by atoms with Crippen LogP contribution in [0.2, 0.25) is 0 Å². The van der Waals surface area contributed by atoms with Gasteiger partial charge in [0.1, 0.15) is 0 Å². The first-order valence-corrected chi connectivity index (χ1v) is 8.00. The highest BCUT2D eigenvalue weighted by Gasteiger charge is 2.47. The minimum Gasteiger partial charge on any atom is -0.314 e. The zero-order valence-electron chi connectivity index (χ0n) is 10.9. The van der Waals surface area contributed by atoms with E-state index in [0.29, 0.717) is 11.8 Å². The van der Waals surface area contributed by atoms with Gasteiger partial charge in [0.15, 0.2) is 9.84 Å². The van der Waals surface area contributed by atoms with E-state index in [9.17, 15) is 8.42 Å². The summed E-state index contributed by atoms with van der Waals surface area (Å²) in [5.74, 6) is 0.348. The maximum Gasteiger partial charge on any atom is 0.152 e. The molecule has 16 heavy (non-hydrogen) atoms. The van der Waals surface area contributed by atoms with E-state index in [1.54, 1.807) is 13.8 Å². The molecule has 0 aromatic heterocycles. The van der Waals surface area contributed by atoms with Crippen LogP contribution in [0.5, 0.6) is 0 Å². The van der Waals surface area contributed by atoms with Crippen molar-refractivity contribution in [3.63, 3.8) is 0 Å². The average Bonchev–Trinajstić information content (AvgIpc) is 2.96. The van der Waals surface area contributed by atoms with Crippen molar-refractivity contribution in [3.05, 3.63) is 0 Å². The van der Waals surface area contributed by atoms with Gasteiger partial charge in [-0.05, 0) is 52.0 Å². The van der Waals surface area contributed by atoms with E-state index in [2.05, 4.69) is 19.2 Å². The van der Waals surface area contributed by atoms with Crippen LogP contribution in [0.3, 0.4) is 0 Å². The molecule has 0 radical (unpaired) electrons. The number of hydrogen-bond donors (Lipinski definition) is 1. The minimum atomic E-state index is -2.87. The van der Waals surface area contributed by atoms with Crippen LogP contribution < -0.4 is 5.32 Å². The second-order valence-corrected chi connectivity index (χ2v) is 7.98. The second-order valence-electron chi connectivity index (χ2n) is 5.31. The summed E-state index contributed by atoms with van der Waals surface area (Å²) in [4.78, 5) is 0. The van der Waals surface area contributed by atoms with Crippen LogP contribution in [0, 0.1) is 5.41 Å². The number of hydrogen-bond acceptors (Lipinski definition) is 3. The molecule has 96 valence electrons. The molecule has 1 unspecified atom stereocenters. The standard InChI is InChI=1S/C12H25NO2S/c1-5-13-11(4)12(6-7-12)8-9-16(14,15)10(2)3/h10-11,13H,5-9H2,1-4H3. The Balaban J connectivity index is 2.49. The predicted molar refractivity (Wildman–Crippen MR) is 68.3 cm³/mol. The molecule has 0 aromatic carbocycles. The average molecular weight is 247 g/mol. The molecule has 1 aliphatic carbocycles. The van der Waals surface area contributed by atoms with Crippen molar-refractivity contribution in [2.24, 2.45) is 5.41 Å². The van der Waals surface area contributed by atoms with Crippen LogP contribution in [0.1, 0.15) is 47.0 Å². The maximum absolute atomic E-state index is 11.8. The van der Waals surface area contributed by atoms with Gasteiger partial charge in [0.2, 0.25) is 0 Å². The van der Waals surface area contributed by atoms with E-state index < -0.39 is 9.84 Å². The van der Waals surface area contributed by atoms with E-state index >= 15 is 0 Å². The number of rotatable bonds is 7. The molecule has 0 bridgehead atoms. The van der Waals surface area contributed by atoms with Gasteiger partial charge in [-0.25, -0.2) is 8.42 Å². The monoisotopic (exact) mass is 247 g/mol. The lowest BCUT2D eigenvalue weighted by Crippen LogP contribution is -2.36. The van der Waals surface area contributed by atoms with Gasteiger partial charge in [0, 0.05) is 6.04 Å². The van der Waals surface area contributed by atoms with Gasteiger partial charge >= 0.3 is 0 Å². The van der Waals surface area contributed by atoms with E-state index in [1.807, 2.05) is 0 Å². The van der Waals surface area contributed by atoms with Gasteiger partial charge in [0.25, 0.3) is 0 Å². The highest BCUT2D eigenvalue weighted by molar-refractivity contribution is 7.91. The van der Waals surface area contributed by atoms with Gasteiger partial charge in [-0.2, -0.15) is 0 Å². The Morgan fingerprint density at radius 1 is 1.25 bits per heavy atom. The third-order valence-electron chi connectivity index (χ3n) is 3.92. The zero-order valence-corrected chi connectivity index (χ0v) is 11.7. The molecular weight excluding hydrogens is 222 g/mol. The number of nitrogens with one attached hydrogen (secondary N) is 1. The van der Waals surface area contributed by atoms with E-state index in [-0.39, 0.29) is 10.7 Å². The molecular formula is C12H25NO2S. The van der Waals surface area contributed by atoms with Gasteiger partial charge in [-0.1, -0.05) is 6.92 Å². The first-order valence-electron chi connectivity index (χ1n) is 6.29. The third-order valence-corrected chi connectivity index (χ3v) is 6.13. The molecule has 3 nitrogen and oxygen atoms in total. The molecule has 0 saturated heterocycles. The summed E-state index contributed by atoms with van der Waals surface area (Å²) in [6.07, 6.45) is 3.17. The predicted octanol–water partition coefficient (Wildman–Crippen LogP) is 1.98. The van der Waals surface area contributed by atoms with Gasteiger partial charge < -0.3 is 5.32 Å². The lowest BCUT2D eigenvalue weighted by molar-refractivity contribution is 0.347. The van der Waals surface area contributed by atoms with Crippen LogP contribution >= 0.6 is 0 Å². The normalized spacial score (nSPS) is 21.1. The van der Waals surface area contributed by atoms with Crippen molar-refractivity contribution >= 4 is 9.84 Å². The summed E-state index contributed by atoms with van der Waals surface area (Å²) in [6, 6.07) is 0.444. The fourth-order valence-corrected chi connectivity index (χ4v) is 3.33. The largest absolute Gasteiger partial charge is 0.314 e. The van der Waals surface area contributed by atoms with Gasteiger partial charge in [-0.15, -0.1) is 0 Å². The summed E-state index contributed by atoms with van der Waals surface area (Å²) < 4.78 is 23.5. The van der Waals surface area contributed by atoms with Crippen molar-refractivity contribution < 1.29 is 8.42 Å². The first kappa shape index (κ1) is 14.0. The molecule has 1 rings (SSSR count). The molecule has 1 fully saturated rings. The van der Waals surface area contributed by atoms with Crippen LogP contribution in [0.15, 0.2) is 0 Å². The molecule has 0 spiro atoms. The Bertz CT molecular complexity index is 318. The summed E-state index contributed by atoms with van der Waals surface area (Å²) in [7, 11) is -2.87. The smallest absolute Gasteiger partial charge is 0.152 e. The molecule has 0 aromatic rings. The Hall–Kier alpha value is -0.0900.